The SMILES string of the molecule is CCCCCCCCCCCCOCC(O)COC1(O)C=CC=CC1c1nc(-c2ccc(C)cc2C)nc(-c2ccc(C)cc2C)n1. The average molecular weight is 642 g/mol. The summed E-state index contributed by atoms with van der Waals surface area (Å²) in [6.07, 6.45) is 18.8. The van der Waals surface area contributed by atoms with Crippen molar-refractivity contribution in [2.45, 2.75) is 117 Å². The van der Waals surface area contributed by atoms with Gasteiger partial charge in [-0.25, -0.2) is 15.0 Å². The first-order chi connectivity index (χ1) is 22.7. The second kappa shape index (κ2) is 18.3. The Balaban J connectivity index is 1.39. The van der Waals surface area contributed by atoms with Crippen molar-refractivity contribution in [1.29, 1.82) is 0 Å². The number of rotatable bonds is 19. The maximum Gasteiger partial charge on any atom is 0.199 e. The maximum atomic E-state index is 11.8. The Morgan fingerprint density at radius 3 is 1.83 bits per heavy atom. The van der Waals surface area contributed by atoms with Gasteiger partial charge in [0.05, 0.1) is 19.1 Å². The highest BCUT2D eigenvalue weighted by molar-refractivity contribution is 5.66. The summed E-state index contributed by atoms with van der Waals surface area (Å²) in [6.45, 7) is 11.1. The van der Waals surface area contributed by atoms with Gasteiger partial charge in [0, 0.05) is 17.7 Å². The molecule has 0 radical (unpaired) electrons. The number of hydrogen-bond donors (Lipinski definition) is 2. The number of allylic oxidation sites excluding steroid dienone is 2. The van der Waals surface area contributed by atoms with E-state index < -0.39 is 17.8 Å². The van der Waals surface area contributed by atoms with Gasteiger partial charge < -0.3 is 19.7 Å². The lowest BCUT2D eigenvalue weighted by Crippen LogP contribution is -2.41. The number of benzene rings is 2. The van der Waals surface area contributed by atoms with Crippen LogP contribution >= 0.6 is 0 Å². The summed E-state index contributed by atoms with van der Waals surface area (Å²) < 4.78 is 11.8. The van der Waals surface area contributed by atoms with Crippen molar-refractivity contribution in [3.63, 3.8) is 0 Å². The number of nitrogens with zero attached hydrogens (tertiary/aromatic N) is 3. The second-order valence-corrected chi connectivity index (χ2v) is 13.2. The van der Waals surface area contributed by atoms with Crippen LogP contribution in [-0.4, -0.2) is 56.9 Å². The molecule has 0 aliphatic heterocycles. The number of aromatic nitrogens is 3. The van der Waals surface area contributed by atoms with Crippen LogP contribution in [0.3, 0.4) is 0 Å². The summed E-state index contributed by atoms with van der Waals surface area (Å²) >= 11 is 0. The van der Waals surface area contributed by atoms with Gasteiger partial charge in [-0.05, 0) is 51.3 Å². The normalized spacial score (nSPS) is 18.1. The van der Waals surface area contributed by atoms with Crippen molar-refractivity contribution >= 4 is 0 Å². The molecule has 0 saturated heterocycles. The van der Waals surface area contributed by atoms with Crippen LogP contribution in [-0.2, 0) is 9.47 Å². The highest BCUT2D eigenvalue weighted by Crippen LogP contribution is 2.36. The Bertz CT molecular complexity index is 1420. The molecule has 1 aliphatic carbocycles. The molecule has 254 valence electrons. The number of unbranched alkanes of at least 4 members (excludes halogenated alkanes) is 9. The molecule has 0 amide bonds. The molecule has 3 unspecified atom stereocenters. The third kappa shape index (κ3) is 10.9. The van der Waals surface area contributed by atoms with E-state index in [9.17, 15) is 10.2 Å². The van der Waals surface area contributed by atoms with Gasteiger partial charge in [-0.1, -0.05) is 130 Å². The quantitative estimate of drug-likeness (QED) is 0.0999. The Kier molecular flexibility index (Phi) is 14.3. The van der Waals surface area contributed by atoms with Crippen LogP contribution < -0.4 is 0 Å². The van der Waals surface area contributed by atoms with Crippen LogP contribution in [0.5, 0.6) is 0 Å². The molecule has 47 heavy (non-hydrogen) atoms. The van der Waals surface area contributed by atoms with Gasteiger partial charge >= 0.3 is 0 Å². The maximum absolute atomic E-state index is 11.8. The van der Waals surface area contributed by atoms with Crippen LogP contribution in [0.2, 0.25) is 0 Å². The topological polar surface area (TPSA) is 97.6 Å². The lowest BCUT2D eigenvalue weighted by Gasteiger charge is -2.33. The lowest BCUT2D eigenvalue weighted by molar-refractivity contribution is -0.194. The van der Waals surface area contributed by atoms with Crippen LogP contribution in [0.4, 0.5) is 0 Å². The van der Waals surface area contributed by atoms with E-state index >= 15 is 0 Å². The first-order valence-electron chi connectivity index (χ1n) is 17.6. The van der Waals surface area contributed by atoms with Crippen molar-refractivity contribution in [2.75, 3.05) is 19.8 Å². The Morgan fingerprint density at radius 1 is 0.723 bits per heavy atom. The average Bonchev–Trinajstić information content (AvgIpc) is 3.04. The molecule has 7 heteroatoms. The van der Waals surface area contributed by atoms with E-state index in [4.69, 9.17) is 24.4 Å². The number of ether oxygens (including phenoxy) is 2. The van der Waals surface area contributed by atoms with Crippen molar-refractivity contribution < 1.29 is 19.7 Å². The lowest BCUT2D eigenvalue weighted by atomic mass is 9.92. The van der Waals surface area contributed by atoms with Crippen LogP contribution in [0.25, 0.3) is 22.8 Å². The molecule has 3 atom stereocenters. The van der Waals surface area contributed by atoms with Gasteiger partial charge in [0.25, 0.3) is 0 Å². The molecule has 4 rings (SSSR count). The molecule has 1 aromatic heterocycles. The summed E-state index contributed by atoms with van der Waals surface area (Å²) in [5, 5.41) is 22.5. The van der Waals surface area contributed by atoms with Crippen molar-refractivity contribution in [2.24, 2.45) is 0 Å². The number of aliphatic hydroxyl groups is 2. The third-order valence-electron chi connectivity index (χ3n) is 8.83. The fourth-order valence-electron chi connectivity index (χ4n) is 6.11. The molecule has 0 spiro atoms. The summed E-state index contributed by atoms with van der Waals surface area (Å²) in [5.74, 6) is -1.02. The molecule has 7 nitrogen and oxygen atoms in total. The van der Waals surface area contributed by atoms with E-state index in [0.29, 0.717) is 24.1 Å². The number of hydrogen-bond acceptors (Lipinski definition) is 7. The summed E-state index contributed by atoms with van der Waals surface area (Å²) in [7, 11) is 0. The van der Waals surface area contributed by atoms with E-state index in [1.807, 2.05) is 50.3 Å². The first kappa shape index (κ1) is 36.6. The van der Waals surface area contributed by atoms with Crippen LogP contribution in [0.15, 0.2) is 60.7 Å². The molecular formula is C40H55N3O4. The Hall–Kier alpha value is -3.23. The minimum Gasteiger partial charge on any atom is -0.388 e. The summed E-state index contributed by atoms with van der Waals surface area (Å²) in [6, 6.07) is 12.4. The zero-order valence-electron chi connectivity index (χ0n) is 29.2. The van der Waals surface area contributed by atoms with Crippen molar-refractivity contribution in [3.8, 4) is 22.8 Å². The fourth-order valence-corrected chi connectivity index (χ4v) is 6.11. The van der Waals surface area contributed by atoms with Gasteiger partial charge in [0.15, 0.2) is 17.4 Å². The van der Waals surface area contributed by atoms with Gasteiger partial charge in [-0.3, -0.25) is 0 Å². The van der Waals surface area contributed by atoms with E-state index in [1.165, 1.54) is 51.4 Å². The van der Waals surface area contributed by atoms with Gasteiger partial charge in [-0.2, -0.15) is 0 Å². The summed E-state index contributed by atoms with van der Waals surface area (Å²) in [4.78, 5) is 14.7. The van der Waals surface area contributed by atoms with E-state index in [-0.39, 0.29) is 13.2 Å². The number of aliphatic hydroxyl groups excluding tert-OH is 1. The third-order valence-corrected chi connectivity index (χ3v) is 8.83. The smallest absolute Gasteiger partial charge is 0.199 e. The van der Waals surface area contributed by atoms with Gasteiger partial charge in [0.2, 0.25) is 0 Å². The minimum atomic E-state index is -1.76. The standard InChI is InChI=1S/C40H55N3O4/c1-6-7-8-9-10-11-12-13-14-17-24-46-27-33(44)28-47-40(45)23-16-15-18-36(40)39-42-37(34-21-19-29(2)25-31(34)4)41-38(43-39)35-22-20-30(3)26-32(35)5/h15-16,18-23,25-26,33,36,44-45H,6-14,17,24,27-28H2,1-5H3. The molecule has 0 fully saturated rings. The van der Waals surface area contributed by atoms with Crippen LogP contribution in [0.1, 0.15) is 105 Å². The second-order valence-electron chi connectivity index (χ2n) is 13.2. The fraction of sp³-hybridized carbons (Fsp3) is 0.525. The van der Waals surface area contributed by atoms with E-state index in [2.05, 4.69) is 32.9 Å². The highest BCUT2D eigenvalue weighted by Gasteiger charge is 2.39. The molecule has 1 heterocycles. The molecule has 1 aliphatic rings. The number of aryl methyl sites for hydroxylation is 4. The zero-order valence-corrected chi connectivity index (χ0v) is 29.2. The summed E-state index contributed by atoms with van der Waals surface area (Å²) in [5.41, 5.74) is 6.23. The Labute approximate surface area is 282 Å². The molecular weight excluding hydrogens is 586 g/mol. The largest absolute Gasteiger partial charge is 0.388 e. The van der Waals surface area contributed by atoms with Gasteiger partial charge in [-0.15, -0.1) is 0 Å². The predicted molar refractivity (Wildman–Crippen MR) is 190 cm³/mol. The molecule has 2 aromatic carbocycles. The monoisotopic (exact) mass is 641 g/mol. The molecule has 2 N–H and O–H groups in total. The molecule has 3 aromatic rings. The first-order valence-corrected chi connectivity index (χ1v) is 17.6. The van der Waals surface area contributed by atoms with E-state index in [0.717, 1.165) is 46.2 Å². The molecule has 0 saturated carbocycles. The van der Waals surface area contributed by atoms with Gasteiger partial charge in [0.1, 0.15) is 11.9 Å². The minimum absolute atomic E-state index is 0.0951. The van der Waals surface area contributed by atoms with E-state index in [1.54, 1.807) is 12.2 Å². The Morgan fingerprint density at radius 2 is 1.28 bits per heavy atom. The predicted octanol–water partition coefficient (Wildman–Crippen LogP) is 8.65. The highest BCUT2D eigenvalue weighted by atomic mass is 16.6. The van der Waals surface area contributed by atoms with Crippen molar-refractivity contribution in [1.82, 2.24) is 15.0 Å². The molecule has 0 bridgehead atoms. The zero-order chi connectivity index (χ0) is 33.6. The van der Waals surface area contributed by atoms with Crippen LogP contribution in [0, 0.1) is 27.7 Å². The van der Waals surface area contributed by atoms with Crippen molar-refractivity contribution in [3.05, 3.63) is 88.8 Å².